The average molecular weight is 642 g/mol. The number of fused-ring (bicyclic) bond motifs is 1. The minimum atomic E-state index is -3.78. The Morgan fingerprint density at radius 1 is 1.05 bits per heavy atom. The number of rotatable bonds is 9. The first-order valence-electron chi connectivity index (χ1n) is 15.5. The van der Waals surface area contributed by atoms with Crippen molar-refractivity contribution in [1.29, 1.82) is 0 Å². The lowest BCUT2D eigenvalue weighted by Crippen LogP contribution is -2.52. The average Bonchev–Trinajstić information content (AvgIpc) is 3.86. The van der Waals surface area contributed by atoms with Crippen molar-refractivity contribution in [2.75, 3.05) is 26.9 Å². The standard InChI is InChI=1S/C33H40ClN3O6S/c1-36-28-19-26(14-15-27(28)31(34)32(36)23-6-3-21(4-7-23)5-16-30(38)42-2)44(40,41)35-25-12-10-24(11-13-25)33(39)37-17-18-43-20-29(37)22-8-9-22/h3-4,6-7,14-15,19,22,24-25,29,35H,5,8-13,16-18,20H2,1-2H3. The number of halogens is 1. The molecule has 1 amide bonds. The molecule has 1 N–H and O–H groups in total. The molecule has 1 saturated heterocycles. The van der Waals surface area contributed by atoms with Crippen LogP contribution in [0.15, 0.2) is 47.4 Å². The second-order valence-electron chi connectivity index (χ2n) is 12.4. The molecular formula is C33H40ClN3O6S. The number of carbonyl (C=O) groups excluding carboxylic acids is 2. The van der Waals surface area contributed by atoms with Crippen LogP contribution in [-0.4, -0.2) is 68.7 Å². The van der Waals surface area contributed by atoms with Gasteiger partial charge < -0.3 is 18.9 Å². The maximum absolute atomic E-state index is 13.5. The largest absolute Gasteiger partial charge is 0.469 e. The van der Waals surface area contributed by atoms with Crippen LogP contribution in [-0.2, 0) is 42.6 Å². The van der Waals surface area contributed by atoms with Crippen molar-refractivity contribution < 1.29 is 27.5 Å². The molecule has 0 bridgehead atoms. The third kappa shape index (κ3) is 6.40. The fraction of sp³-hybridized carbons (Fsp3) is 0.515. The molecule has 9 nitrogen and oxygen atoms in total. The number of aryl methyl sites for hydroxylation is 2. The summed E-state index contributed by atoms with van der Waals surface area (Å²) in [6.07, 6.45) is 5.85. The molecule has 1 atom stereocenters. The van der Waals surface area contributed by atoms with E-state index in [-0.39, 0.29) is 34.8 Å². The number of hydrogen-bond acceptors (Lipinski definition) is 6. The molecule has 3 aliphatic rings. The minimum Gasteiger partial charge on any atom is -0.469 e. The van der Waals surface area contributed by atoms with Crippen LogP contribution in [0.1, 0.15) is 50.5 Å². The molecule has 2 saturated carbocycles. The number of ether oxygens (including phenoxy) is 2. The van der Waals surface area contributed by atoms with Gasteiger partial charge in [-0.05, 0) is 80.2 Å². The third-order valence-electron chi connectivity index (χ3n) is 9.51. The first kappa shape index (κ1) is 31.1. The number of aromatic nitrogens is 1. The lowest BCUT2D eigenvalue weighted by Gasteiger charge is -2.39. The van der Waals surface area contributed by atoms with Gasteiger partial charge in [-0.25, -0.2) is 13.1 Å². The summed E-state index contributed by atoms with van der Waals surface area (Å²) >= 11 is 6.82. The molecule has 44 heavy (non-hydrogen) atoms. The van der Waals surface area contributed by atoms with Crippen molar-refractivity contribution >= 4 is 44.4 Å². The third-order valence-corrected chi connectivity index (χ3v) is 11.4. The van der Waals surface area contributed by atoms with E-state index in [2.05, 4.69) is 4.72 Å². The molecule has 1 aromatic heterocycles. The smallest absolute Gasteiger partial charge is 0.305 e. The van der Waals surface area contributed by atoms with Gasteiger partial charge in [-0.3, -0.25) is 9.59 Å². The molecule has 11 heteroatoms. The topological polar surface area (TPSA) is 107 Å². The van der Waals surface area contributed by atoms with Gasteiger partial charge in [-0.15, -0.1) is 0 Å². The van der Waals surface area contributed by atoms with Crippen molar-refractivity contribution in [1.82, 2.24) is 14.2 Å². The van der Waals surface area contributed by atoms with Gasteiger partial charge >= 0.3 is 5.97 Å². The molecule has 236 valence electrons. The van der Waals surface area contributed by atoms with Gasteiger partial charge in [0, 0.05) is 37.4 Å². The van der Waals surface area contributed by atoms with Crippen LogP contribution in [0.3, 0.4) is 0 Å². The lowest BCUT2D eigenvalue weighted by atomic mass is 9.85. The fourth-order valence-corrected chi connectivity index (χ4v) is 8.50. The van der Waals surface area contributed by atoms with E-state index in [0.717, 1.165) is 22.2 Å². The predicted molar refractivity (Wildman–Crippen MR) is 169 cm³/mol. The Morgan fingerprint density at radius 2 is 1.77 bits per heavy atom. The Balaban J connectivity index is 1.12. The number of hydrogen-bond donors (Lipinski definition) is 1. The fourth-order valence-electron chi connectivity index (χ4n) is 6.78. The van der Waals surface area contributed by atoms with Crippen molar-refractivity contribution in [2.45, 2.75) is 68.3 Å². The van der Waals surface area contributed by atoms with Crippen LogP contribution in [0.4, 0.5) is 0 Å². The zero-order valence-electron chi connectivity index (χ0n) is 25.3. The van der Waals surface area contributed by atoms with Gasteiger partial charge in [-0.2, -0.15) is 0 Å². The summed E-state index contributed by atoms with van der Waals surface area (Å²) in [6, 6.07) is 12.8. The molecule has 6 rings (SSSR count). The first-order chi connectivity index (χ1) is 21.2. The predicted octanol–water partition coefficient (Wildman–Crippen LogP) is 5.08. The van der Waals surface area contributed by atoms with E-state index in [1.165, 1.54) is 20.0 Å². The van der Waals surface area contributed by atoms with Gasteiger partial charge in [0.15, 0.2) is 0 Å². The number of nitrogens with one attached hydrogen (secondary N) is 1. The van der Waals surface area contributed by atoms with Gasteiger partial charge in [0.05, 0.1) is 47.5 Å². The highest BCUT2D eigenvalue weighted by atomic mass is 35.5. The van der Waals surface area contributed by atoms with Gasteiger partial charge in [0.25, 0.3) is 0 Å². The quantitative estimate of drug-likeness (QED) is 0.327. The molecule has 2 aliphatic carbocycles. The van der Waals surface area contributed by atoms with Crippen LogP contribution in [0.5, 0.6) is 0 Å². The molecule has 0 radical (unpaired) electrons. The molecule has 2 aromatic carbocycles. The Kier molecular flexibility index (Phi) is 9.06. The number of methoxy groups -OCH3 is 1. The van der Waals surface area contributed by atoms with Crippen molar-refractivity contribution in [3.63, 3.8) is 0 Å². The number of nitrogens with zero attached hydrogens (tertiary/aromatic N) is 2. The van der Waals surface area contributed by atoms with Crippen LogP contribution >= 0.6 is 11.6 Å². The second kappa shape index (κ2) is 12.8. The number of morpholine rings is 1. The minimum absolute atomic E-state index is 0.0581. The SMILES string of the molecule is COC(=O)CCc1ccc(-c2c(Cl)c3ccc(S(=O)(=O)NC4CCC(C(=O)N5CCOCC5C5CC5)CC4)cc3n2C)cc1. The second-order valence-corrected chi connectivity index (χ2v) is 14.4. The van der Waals surface area contributed by atoms with E-state index in [9.17, 15) is 18.0 Å². The molecule has 3 fully saturated rings. The molecule has 2 heterocycles. The van der Waals surface area contributed by atoms with E-state index < -0.39 is 10.0 Å². The van der Waals surface area contributed by atoms with Gasteiger partial charge in [0.2, 0.25) is 15.9 Å². The lowest BCUT2D eigenvalue weighted by molar-refractivity contribution is -0.146. The number of amides is 1. The highest BCUT2D eigenvalue weighted by Crippen LogP contribution is 2.39. The highest BCUT2D eigenvalue weighted by Gasteiger charge is 2.41. The Morgan fingerprint density at radius 3 is 2.45 bits per heavy atom. The molecule has 1 aliphatic heterocycles. The molecule has 1 unspecified atom stereocenters. The highest BCUT2D eigenvalue weighted by molar-refractivity contribution is 7.89. The van der Waals surface area contributed by atoms with Crippen LogP contribution in [0.2, 0.25) is 5.02 Å². The van der Waals surface area contributed by atoms with Crippen molar-refractivity contribution in [3.05, 3.63) is 53.1 Å². The summed E-state index contributed by atoms with van der Waals surface area (Å²) in [5.74, 6) is 0.473. The Labute approximate surface area is 263 Å². The number of esters is 1. The molecular weight excluding hydrogens is 602 g/mol. The number of sulfonamides is 1. The van der Waals surface area contributed by atoms with E-state index in [1.54, 1.807) is 18.2 Å². The number of carbonyl (C=O) groups is 2. The zero-order chi connectivity index (χ0) is 31.0. The van der Waals surface area contributed by atoms with E-state index in [1.807, 2.05) is 40.8 Å². The molecule has 0 spiro atoms. The zero-order valence-corrected chi connectivity index (χ0v) is 26.8. The van der Waals surface area contributed by atoms with Crippen LogP contribution < -0.4 is 4.72 Å². The maximum Gasteiger partial charge on any atom is 0.305 e. The monoisotopic (exact) mass is 641 g/mol. The summed E-state index contributed by atoms with van der Waals surface area (Å²) < 4.78 is 42.2. The Hall–Kier alpha value is -2.92. The van der Waals surface area contributed by atoms with E-state index >= 15 is 0 Å². The van der Waals surface area contributed by atoms with Crippen LogP contribution in [0.25, 0.3) is 22.2 Å². The van der Waals surface area contributed by atoms with Gasteiger partial charge in [0.1, 0.15) is 0 Å². The van der Waals surface area contributed by atoms with E-state index in [0.29, 0.717) is 74.7 Å². The first-order valence-corrected chi connectivity index (χ1v) is 17.4. The Bertz CT molecular complexity index is 1640. The normalized spacial score (nSPS) is 22.7. The summed E-state index contributed by atoms with van der Waals surface area (Å²) in [5.41, 5.74) is 3.41. The number of benzene rings is 2. The summed E-state index contributed by atoms with van der Waals surface area (Å²) in [7, 11) is -0.529. The van der Waals surface area contributed by atoms with Crippen LogP contribution in [0, 0.1) is 11.8 Å². The molecule has 3 aromatic rings. The summed E-state index contributed by atoms with van der Waals surface area (Å²) in [6.45, 7) is 1.88. The summed E-state index contributed by atoms with van der Waals surface area (Å²) in [5, 5.41) is 1.32. The van der Waals surface area contributed by atoms with Gasteiger partial charge in [-0.1, -0.05) is 35.9 Å². The maximum atomic E-state index is 13.5. The summed E-state index contributed by atoms with van der Waals surface area (Å²) in [4.78, 5) is 27.1. The van der Waals surface area contributed by atoms with Crippen molar-refractivity contribution in [2.24, 2.45) is 18.9 Å². The van der Waals surface area contributed by atoms with E-state index in [4.69, 9.17) is 21.1 Å². The van der Waals surface area contributed by atoms with Crippen molar-refractivity contribution in [3.8, 4) is 11.3 Å².